The summed E-state index contributed by atoms with van der Waals surface area (Å²) in [5, 5.41) is 4.14. The second kappa shape index (κ2) is 10.3. The molecule has 1 fully saturated rings. The molecule has 2 heterocycles. The normalized spacial score (nSPS) is 13.6. The highest BCUT2D eigenvalue weighted by Crippen LogP contribution is 2.36. The van der Waals surface area contributed by atoms with Crippen LogP contribution in [0.5, 0.6) is 11.5 Å². The van der Waals surface area contributed by atoms with Crippen LogP contribution in [-0.4, -0.2) is 29.1 Å². The highest BCUT2D eigenvalue weighted by Gasteiger charge is 2.33. The minimum Gasteiger partial charge on any atom is -0.454 e. The molecule has 0 aliphatic carbocycles. The number of halogens is 5. The molecule has 0 spiro atoms. The Morgan fingerprint density at radius 1 is 0.947 bits per heavy atom. The third-order valence-electron chi connectivity index (χ3n) is 5.88. The number of hydrogen-bond donors (Lipinski definition) is 2. The first kappa shape index (κ1) is 25.5. The van der Waals surface area contributed by atoms with Crippen molar-refractivity contribution in [1.82, 2.24) is 9.97 Å². The Kier molecular flexibility index (Phi) is 6.94. The number of ether oxygens (including phenoxy) is 1. The first-order valence-corrected chi connectivity index (χ1v) is 12.0. The lowest BCUT2D eigenvalue weighted by atomic mass is 10.2. The number of nitrogens with zero attached hydrogens (tertiary/aromatic N) is 3. The fourth-order valence-corrected chi connectivity index (χ4v) is 4.27. The topological polar surface area (TPSA) is 79.4 Å². The van der Waals surface area contributed by atoms with Gasteiger partial charge in [-0.2, -0.15) is 13.2 Å². The summed E-state index contributed by atoms with van der Waals surface area (Å²) in [6.45, 7) is 1.85. The van der Waals surface area contributed by atoms with Gasteiger partial charge in [0.1, 0.15) is 11.6 Å². The fourth-order valence-electron chi connectivity index (χ4n) is 4.05. The van der Waals surface area contributed by atoms with Crippen LogP contribution in [0.2, 0.25) is 5.02 Å². The van der Waals surface area contributed by atoms with Crippen LogP contribution < -0.4 is 20.3 Å². The van der Waals surface area contributed by atoms with Gasteiger partial charge in [0, 0.05) is 36.6 Å². The van der Waals surface area contributed by atoms with Crippen molar-refractivity contribution >= 4 is 45.9 Å². The van der Waals surface area contributed by atoms with Crippen LogP contribution in [0, 0.1) is 5.82 Å². The lowest BCUT2D eigenvalue weighted by molar-refractivity contribution is -0.137. The number of amides is 2. The number of nitrogens with one attached hydrogen (secondary N) is 2. The Bertz CT molecular complexity index is 1510. The monoisotopic (exact) mass is 545 g/mol. The second-order valence-corrected chi connectivity index (χ2v) is 9.00. The van der Waals surface area contributed by atoms with E-state index >= 15 is 0 Å². The Morgan fingerprint density at radius 2 is 1.66 bits per heavy atom. The third kappa shape index (κ3) is 5.72. The van der Waals surface area contributed by atoms with Crippen LogP contribution in [-0.2, 0) is 6.18 Å². The van der Waals surface area contributed by atoms with Gasteiger partial charge in [0.2, 0.25) is 0 Å². The average Bonchev–Trinajstić information content (AvgIpc) is 3.41. The van der Waals surface area contributed by atoms with E-state index in [9.17, 15) is 22.4 Å². The molecule has 0 saturated carbocycles. The molecule has 0 bridgehead atoms. The van der Waals surface area contributed by atoms with Crippen molar-refractivity contribution in [3.05, 3.63) is 77.2 Å². The van der Waals surface area contributed by atoms with Gasteiger partial charge in [-0.3, -0.25) is 4.98 Å². The van der Waals surface area contributed by atoms with Gasteiger partial charge in [0.15, 0.2) is 11.6 Å². The van der Waals surface area contributed by atoms with Crippen LogP contribution >= 0.6 is 11.6 Å². The molecule has 2 N–H and O–H groups in total. The van der Waals surface area contributed by atoms with E-state index in [1.807, 2.05) is 0 Å². The van der Waals surface area contributed by atoms with Gasteiger partial charge < -0.3 is 20.3 Å². The minimum atomic E-state index is -4.68. The van der Waals surface area contributed by atoms with Gasteiger partial charge in [-0.15, -0.1) is 0 Å². The van der Waals surface area contributed by atoms with Gasteiger partial charge in [0.25, 0.3) is 0 Å². The molecule has 7 nitrogen and oxygen atoms in total. The van der Waals surface area contributed by atoms with Crippen molar-refractivity contribution in [2.24, 2.45) is 0 Å². The van der Waals surface area contributed by atoms with Crippen molar-refractivity contribution in [2.75, 3.05) is 28.6 Å². The Morgan fingerprint density at radius 3 is 2.37 bits per heavy atom. The lowest BCUT2D eigenvalue weighted by Gasteiger charge is -2.16. The van der Waals surface area contributed by atoms with E-state index < -0.39 is 28.6 Å². The zero-order valence-electron chi connectivity index (χ0n) is 19.6. The molecule has 196 valence electrons. The molecule has 1 aliphatic rings. The second-order valence-electron chi connectivity index (χ2n) is 8.59. The van der Waals surface area contributed by atoms with Crippen LogP contribution in [0.25, 0.3) is 11.0 Å². The zero-order chi connectivity index (χ0) is 26.9. The first-order valence-electron chi connectivity index (χ1n) is 11.6. The molecule has 1 aromatic heterocycles. The molecule has 5 rings (SSSR count). The van der Waals surface area contributed by atoms with Gasteiger partial charge in [-0.1, -0.05) is 11.6 Å². The van der Waals surface area contributed by atoms with E-state index in [-0.39, 0.29) is 17.1 Å². The van der Waals surface area contributed by atoms with Gasteiger partial charge in [0.05, 0.1) is 27.8 Å². The van der Waals surface area contributed by atoms with E-state index in [1.165, 1.54) is 18.2 Å². The van der Waals surface area contributed by atoms with Crippen LogP contribution in [0.1, 0.15) is 18.4 Å². The number of benzene rings is 3. The standard InChI is InChI=1S/C26H20ClF4N5O2/c27-19-6-3-15(11-18(19)26(29,30)31)33-25(37)34-16-4-8-23(20(28)12-16)38-17-5-7-21-22(13-17)35-24(14-32-21)36-9-1-2-10-36/h3-8,11-14H,1-2,9-10H2,(H2,33,34,37). The summed E-state index contributed by atoms with van der Waals surface area (Å²) < 4.78 is 59.5. The molecule has 12 heteroatoms. The van der Waals surface area contributed by atoms with E-state index in [4.69, 9.17) is 16.3 Å². The maximum atomic E-state index is 14.8. The van der Waals surface area contributed by atoms with Gasteiger partial charge in [-0.05, 0) is 55.3 Å². The SMILES string of the molecule is O=C(Nc1ccc(Oc2ccc3ncc(N4CCCC4)nc3c2)c(F)c1)Nc1ccc(Cl)c(C(F)(F)F)c1. The summed E-state index contributed by atoms with van der Waals surface area (Å²) in [6, 6.07) is 10.9. The number of rotatable bonds is 5. The van der Waals surface area contributed by atoms with Gasteiger partial charge in [-0.25, -0.2) is 14.2 Å². The van der Waals surface area contributed by atoms with Gasteiger partial charge >= 0.3 is 12.2 Å². The molecule has 0 radical (unpaired) electrons. The van der Waals surface area contributed by atoms with Crippen molar-refractivity contribution in [3.8, 4) is 11.5 Å². The number of carbonyl (C=O) groups excluding carboxylic acids is 1. The average molecular weight is 546 g/mol. The molecule has 38 heavy (non-hydrogen) atoms. The van der Waals surface area contributed by atoms with Crippen LogP contribution in [0.4, 0.5) is 39.5 Å². The maximum absolute atomic E-state index is 14.8. The zero-order valence-corrected chi connectivity index (χ0v) is 20.4. The van der Waals surface area contributed by atoms with Crippen molar-refractivity contribution < 1.29 is 27.1 Å². The summed E-state index contributed by atoms with van der Waals surface area (Å²) in [6.07, 6.45) is -0.737. The highest BCUT2D eigenvalue weighted by atomic mass is 35.5. The van der Waals surface area contributed by atoms with Crippen molar-refractivity contribution in [2.45, 2.75) is 19.0 Å². The maximum Gasteiger partial charge on any atom is 0.417 e. The van der Waals surface area contributed by atoms with Crippen LogP contribution in [0.3, 0.4) is 0 Å². The first-order chi connectivity index (χ1) is 18.2. The molecule has 4 aromatic rings. The lowest BCUT2D eigenvalue weighted by Crippen LogP contribution is -2.20. The smallest absolute Gasteiger partial charge is 0.417 e. The number of alkyl halides is 3. The summed E-state index contributed by atoms with van der Waals surface area (Å²) in [5.74, 6) is 0.281. The molecule has 0 unspecified atom stereocenters. The molecule has 2 amide bonds. The highest BCUT2D eigenvalue weighted by molar-refractivity contribution is 6.31. The molecule has 0 atom stereocenters. The number of anilines is 3. The Hall–Kier alpha value is -4.12. The van der Waals surface area contributed by atoms with Crippen molar-refractivity contribution in [3.63, 3.8) is 0 Å². The summed E-state index contributed by atoms with van der Waals surface area (Å²) in [7, 11) is 0. The van der Waals surface area contributed by atoms with E-state index in [1.54, 1.807) is 24.4 Å². The minimum absolute atomic E-state index is 0.0667. The van der Waals surface area contributed by atoms with Crippen LogP contribution in [0.15, 0.2) is 60.8 Å². The largest absolute Gasteiger partial charge is 0.454 e. The molecular formula is C26H20ClF4N5O2. The quantitative estimate of drug-likeness (QED) is 0.254. The molecule has 1 aliphatic heterocycles. The summed E-state index contributed by atoms with van der Waals surface area (Å²) in [4.78, 5) is 23.5. The Balaban J connectivity index is 1.26. The molecule has 3 aromatic carbocycles. The molecular weight excluding hydrogens is 526 g/mol. The fraction of sp³-hybridized carbons (Fsp3) is 0.192. The number of urea groups is 1. The van der Waals surface area contributed by atoms with Crippen molar-refractivity contribution in [1.29, 1.82) is 0 Å². The summed E-state index contributed by atoms with van der Waals surface area (Å²) in [5.41, 5.74) is 0.132. The number of aromatic nitrogens is 2. The van der Waals surface area contributed by atoms with E-state index in [2.05, 4.69) is 25.5 Å². The Labute approximate surface area is 219 Å². The van der Waals surface area contributed by atoms with E-state index in [0.717, 1.165) is 43.9 Å². The van der Waals surface area contributed by atoms with E-state index in [0.29, 0.717) is 22.8 Å². The number of fused-ring (bicyclic) bond motifs is 1. The predicted molar refractivity (Wildman–Crippen MR) is 137 cm³/mol. The summed E-state index contributed by atoms with van der Waals surface area (Å²) >= 11 is 5.59. The number of carbonyl (C=O) groups is 1. The predicted octanol–water partition coefficient (Wildman–Crippen LogP) is 7.48. The number of hydrogen-bond acceptors (Lipinski definition) is 5. The molecule has 1 saturated heterocycles. The third-order valence-corrected chi connectivity index (χ3v) is 6.21.